The molecule has 1 aliphatic rings. The summed E-state index contributed by atoms with van der Waals surface area (Å²) < 4.78 is 18.3. The number of nitrogens with one attached hydrogen (secondary N) is 1. The molecule has 1 fully saturated rings. The minimum Gasteiger partial charge on any atom is -0.469 e. The Morgan fingerprint density at radius 2 is 2.40 bits per heavy atom. The predicted octanol–water partition coefficient (Wildman–Crippen LogP) is 2.21. The molecule has 1 aliphatic carbocycles. The van der Waals surface area contributed by atoms with E-state index in [4.69, 9.17) is 4.42 Å². The highest BCUT2D eigenvalue weighted by molar-refractivity contribution is 5.94. The Hall–Kier alpha value is -1.32. The summed E-state index contributed by atoms with van der Waals surface area (Å²) in [5.41, 5.74) is 0.464. The first kappa shape index (κ1) is 10.2. The highest BCUT2D eigenvalue weighted by atomic mass is 19.1. The average molecular weight is 211 g/mol. The Labute approximate surface area is 87.7 Å². The third kappa shape index (κ3) is 2.19. The van der Waals surface area contributed by atoms with Crippen molar-refractivity contribution < 1.29 is 13.6 Å². The van der Waals surface area contributed by atoms with Crippen LogP contribution in [0.15, 0.2) is 16.7 Å². The summed E-state index contributed by atoms with van der Waals surface area (Å²) in [7, 11) is 0. The lowest BCUT2D eigenvalue weighted by atomic mass is 10.2. The van der Waals surface area contributed by atoms with Gasteiger partial charge < -0.3 is 9.73 Å². The number of halogens is 1. The number of furan rings is 1. The summed E-state index contributed by atoms with van der Waals surface area (Å²) in [4.78, 5) is 11.6. The number of aryl methyl sites for hydroxylation is 1. The van der Waals surface area contributed by atoms with Crippen LogP contribution in [-0.4, -0.2) is 18.1 Å². The zero-order valence-electron chi connectivity index (χ0n) is 8.63. The zero-order valence-corrected chi connectivity index (χ0v) is 8.63. The number of alkyl halides is 1. The fraction of sp³-hybridized carbons (Fsp3) is 0.545. The molecule has 2 atom stereocenters. The van der Waals surface area contributed by atoms with Crippen LogP contribution in [0.25, 0.3) is 0 Å². The Morgan fingerprint density at radius 1 is 1.60 bits per heavy atom. The summed E-state index contributed by atoms with van der Waals surface area (Å²) in [5.74, 6) is 0.435. The monoisotopic (exact) mass is 211 g/mol. The molecule has 1 heterocycles. The second-order valence-corrected chi connectivity index (χ2v) is 3.97. The first-order valence-electron chi connectivity index (χ1n) is 5.17. The Bertz CT molecular complexity index is 361. The molecule has 1 amide bonds. The van der Waals surface area contributed by atoms with Gasteiger partial charge in [0.2, 0.25) is 0 Å². The molecule has 1 saturated carbocycles. The lowest BCUT2D eigenvalue weighted by Gasteiger charge is -2.13. The standard InChI is InChI=1S/C11H14FNO2/c1-7-5-8(6-15-7)11(14)13-10-4-2-3-9(10)12/h5-6,9-10H,2-4H2,1H3,(H,13,14)/t9-,10+/m0/s1. The molecule has 0 unspecified atom stereocenters. The molecule has 0 radical (unpaired) electrons. The molecular formula is C11H14FNO2. The minimum atomic E-state index is -0.901. The molecule has 3 nitrogen and oxygen atoms in total. The van der Waals surface area contributed by atoms with Crippen LogP contribution in [0.3, 0.4) is 0 Å². The fourth-order valence-corrected chi connectivity index (χ4v) is 1.89. The molecule has 2 rings (SSSR count). The summed E-state index contributed by atoms with van der Waals surface area (Å²) in [5, 5.41) is 2.68. The van der Waals surface area contributed by atoms with Crippen molar-refractivity contribution in [2.45, 2.75) is 38.4 Å². The van der Waals surface area contributed by atoms with Crippen molar-refractivity contribution in [3.8, 4) is 0 Å². The smallest absolute Gasteiger partial charge is 0.254 e. The van der Waals surface area contributed by atoms with Gasteiger partial charge in [-0.2, -0.15) is 0 Å². The van der Waals surface area contributed by atoms with Crippen LogP contribution >= 0.6 is 0 Å². The Balaban J connectivity index is 1.97. The van der Waals surface area contributed by atoms with E-state index in [-0.39, 0.29) is 11.9 Å². The summed E-state index contributed by atoms with van der Waals surface area (Å²) in [6.07, 6.45) is 2.62. The van der Waals surface area contributed by atoms with Gasteiger partial charge in [-0.25, -0.2) is 4.39 Å². The number of rotatable bonds is 2. The van der Waals surface area contributed by atoms with Crippen molar-refractivity contribution in [2.24, 2.45) is 0 Å². The number of carbonyl (C=O) groups excluding carboxylic acids is 1. The van der Waals surface area contributed by atoms with E-state index in [9.17, 15) is 9.18 Å². The maximum absolute atomic E-state index is 13.2. The van der Waals surface area contributed by atoms with Gasteiger partial charge in [0.05, 0.1) is 11.6 Å². The van der Waals surface area contributed by atoms with E-state index in [1.807, 2.05) is 0 Å². The van der Waals surface area contributed by atoms with Gasteiger partial charge in [0.1, 0.15) is 18.2 Å². The van der Waals surface area contributed by atoms with E-state index in [0.717, 1.165) is 12.8 Å². The Kier molecular flexibility index (Phi) is 2.75. The van der Waals surface area contributed by atoms with E-state index in [1.54, 1.807) is 13.0 Å². The van der Waals surface area contributed by atoms with Crippen LogP contribution in [-0.2, 0) is 0 Å². The van der Waals surface area contributed by atoms with Gasteiger partial charge >= 0.3 is 0 Å². The van der Waals surface area contributed by atoms with Crippen LogP contribution in [0.4, 0.5) is 4.39 Å². The zero-order chi connectivity index (χ0) is 10.8. The van der Waals surface area contributed by atoms with Gasteiger partial charge in [-0.15, -0.1) is 0 Å². The molecule has 15 heavy (non-hydrogen) atoms. The SMILES string of the molecule is Cc1cc(C(=O)N[C@@H]2CCC[C@@H]2F)co1. The molecule has 0 bridgehead atoms. The molecule has 0 saturated heterocycles. The normalized spacial score (nSPS) is 25.5. The molecule has 1 aromatic heterocycles. The number of amides is 1. The topological polar surface area (TPSA) is 42.2 Å². The van der Waals surface area contributed by atoms with E-state index >= 15 is 0 Å². The van der Waals surface area contributed by atoms with Crippen LogP contribution in [0.1, 0.15) is 35.4 Å². The van der Waals surface area contributed by atoms with Crippen LogP contribution in [0.5, 0.6) is 0 Å². The summed E-state index contributed by atoms with van der Waals surface area (Å²) in [6.45, 7) is 1.77. The molecule has 1 N–H and O–H groups in total. The van der Waals surface area contributed by atoms with Crippen LogP contribution in [0, 0.1) is 6.92 Å². The second-order valence-electron chi connectivity index (χ2n) is 3.97. The van der Waals surface area contributed by atoms with E-state index in [2.05, 4.69) is 5.32 Å². The molecular weight excluding hydrogens is 197 g/mol. The molecule has 0 spiro atoms. The first-order valence-corrected chi connectivity index (χ1v) is 5.17. The van der Waals surface area contributed by atoms with Gasteiger partial charge in [0, 0.05) is 0 Å². The van der Waals surface area contributed by atoms with Gasteiger partial charge in [-0.3, -0.25) is 4.79 Å². The van der Waals surface area contributed by atoms with E-state index in [0.29, 0.717) is 17.7 Å². The Morgan fingerprint density at radius 3 is 2.93 bits per heavy atom. The number of hydrogen-bond acceptors (Lipinski definition) is 2. The molecule has 82 valence electrons. The van der Waals surface area contributed by atoms with Gasteiger partial charge in [0.15, 0.2) is 0 Å². The summed E-state index contributed by atoms with van der Waals surface area (Å²) in [6, 6.07) is 1.32. The van der Waals surface area contributed by atoms with Crippen LogP contribution in [0.2, 0.25) is 0 Å². The lowest BCUT2D eigenvalue weighted by molar-refractivity contribution is 0.0918. The minimum absolute atomic E-state index is 0.249. The third-order valence-corrected chi connectivity index (χ3v) is 2.74. The van der Waals surface area contributed by atoms with Crippen molar-refractivity contribution in [2.75, 3.05) is 0 Å². The van der Waals surface area contributed by atoms with Crippen LogP contribution < -0.4 is 5.32 Å². The van der Waals surface area contributed by atoms with Crippen molar-refractivity contribution >= 4 is 5.91 Å². The fourth-order valence-electron chi connectivity index (χ4n) is 1.89. The molecule has 1 aromatic rings. The van der Waals surface area contributed by atoms with Crippen molar-refractivity contribution in [3.63, 3.8) is 0 Å². The van der Waals surface area contributed by atoms with E-state index < -0.39 is 6.17 Å². The largest absolute Gasteiger partial charge is 0.469 e. The second kappa shape index (κ2) is 4.04. The highest BCUT2D eigenvalue weighted by Crippen LogP contribution is 2.22. The number of hydrogen-bond donors (Lipinski definition) is 1. The maximum atomic E-state index is 13.2. The molecule has 0 aliphatic heterocycles. The lowest BCUT2D eigenvalue weighted by Crippen LogP contribution is -2.38. The van der Waals surface area contributed by atoms with Gasteiger partial charge in [-0.1, -0.05) is 0 Å². The highest BCUT2D eigenvalue weighted by Gasteiger charge is 2.28. The average Bonchev–Trinajstić information content (AvgIpc) is 2.77. The van der Waals surface area contributed by atoms with Crippen molar-refractivity contribution in [1.29, 1.82) is 0 Å². The molecule has 4 heteroatoms. The van der Waals surface area contributed by atoms with Gasteiger partial charge in [0.25, 0.3) is 5.91 Å². The quantitative estimate of drug-likeness (QED) is 0.814. The third-order valence-electron chi connectivity index (χ3n) is 2.74. The van der Waals surface area contributed by atoms with Crippen molar-refractivity contribution in [1.82, 2.24) is 5.32 Å². The number of carbonyl (C=O) groups is 1. The van der Waals surface area contributed by atoms with Crippen molar-refractivity contribution in [3.05, 3.63) is 23.7 Å². The van der Waals surface area contributed by atoms with Gasteiger partial charge in [-0.05, 0) is 32.3 Å². The predicted molar refractivity (Wildman–Crippen MR) is 53.4 cm³/mol. The van der Waals surface area contributed by atoms with E-state index in [1.165, 1.54) is 6.26 Å². The maximum Gasteiger partial charge on any atom is 0.254 e. The first-order chi connectivity index (χ1) is 7.16. The molecule has 0 aromatic carbocycles. The summed E-state index contributed by atoms with van der Waals surface area (Å²) >= 11 is 0.